The van der Waals surface area contributed by atoms with E-state index in [-0.39, 0.29) is 75.4 Å². The molecule has 8 bridgehead atoms. The molecule has 424 valence electrons. The van der Waals surface area contributed by atoms with E-state index >= 15 is 0 Å². The van der Waals surface area contributed by atoms with Gasteiger partial charge < -0.3 is 28.8 Å². The monoisotopic (exact) mass is 1040 g/mol. The van der Waals surface area contributed by atoms with Crippen LogP contribution >= 0.6 is 0 Å². The number of rotatable bonds is 15. The first kappa shape index (κ1) is 60.5. The molecule has 11 rings (SSSR count). The molecule has 0 aromatic rings. The number of ether oxygens (including phenoxy) is 5. The molecule has 11 nitrogen and oxygen atoms in total. The number of carbonyl (C=O) groups is 5. The molecule has 0 amide bonds. The summed E-state index contributed by atoms with van der Waals surface area (Å²) in [5.41, 5.74) is -3.34. The predicted octanol–water partition coefficient (Wildman–Crippen LogP) is 14.7. The zero-order valence-corrected chi connectivity index (χ0v) is 49.6. The molecule has 0 aromatic carbocycles. The van der Waals surface area contributed by atoms with Crippen LogP contribution < -0.4 is 0 Å². The molecule has 0 radical (unpaired) electrons. The Balaban J connectivity index is 0.000000162. The van der Waals surface area contributed by atoms with Crippen molar-refractivity contribution in [1.82, 2.24) is 0 Å². The highest BCUT2D eigenvalue weighted by Gasteiger charge is 2.62. The Labute approximate surface area is 449 Å². The number of hydrogen-bond acceptors (Lipinski definition) is 11. The minimum atomic E-state index is -0.682. The molecule has 10 aliphatic carbocycles. The van der Waals surface area contributed by atoms with Crippen LogP contribution in [-0.4, -0.2) is 69.1 Å². The first-order valence-electron chi connectivity index (χ1n) is 30.2. The van der Waals surface area contributed by atoms with Crippen molar-refractivity contribution < 1.29 is 52.8 Å². The average Bonchev–Trinajstić information content (AvgIpc) is 3.94. The van der Waals surface area contributed by atoms with Gasteiger partial charge in [0.15, 0.2) is 5.60 Å². The molecule has 0 spiro atoms. The van der Waals surface area contributed by atoms with E-state index in [0.29, 0.717) is 18.3 Å². The van der Waals surface area contributed by atoms with Crippen LogP contribution in [0.4, 0.5) is 0 Å². The molecule has 11 fully saturated rings. The van der Waals surface area contributed by atoms with Crippen LogP contribution in [0.2, 0.25) is 0 Å². The lowest BCUT2D eigenvalue weighted by Gasteiger charge is -2.62. The van der Waals surface area contributed by atoms with Crippen LogP contribution in [0.1, 0.15) is 277 Å². The number of fused-ring (bicyclic) bond motifs is 1. The zero-order chi connectivity index (χ0) is 55.0. The lowest BCUT2D eigenvalue weighted by molar-refractivity contribution is -0.225. The lowest BCUT2D eigenvalue weighted by atomic mass is 9.45. The molecule has 5 unspecified atom stereocenters. The van der Waals surface area contributed by atoms with E-state index in [0.717, 1.165) is 120 Å². The van der Waals surface area contributed by atoms with Gasteiger partial charge in [-0.3, -0.25) is 24.0 Å². The van der Waals surface area contributed by atoms with Crippen molar-refractivity contribution in [1.29, 1.82) is 0 Å². The second-order valence-corrected chi connectivity index (χ2v) is 28.9. The summed E-state index contributed by atoms with van der Waals surface area (Å²) in [6, 6.07) is 0. The fraction of sp³-hybridized carbons (Fsp3) is 0.921. The smallest absolute Gasteiger partial charge is 0.312 e. The molecule has 1 aliphatic heterocycles. The molecule has 0 aromatic heterocycles. The largest absolute Gasteiger partial charge is 0.459 e. The molecule has 1 heterocycles. The minimum absolute atomic E-state index is 0.00935. The van der Waals surface area contributed by atoms with E-state index in [2.05, 4.69) is 27.7 Å². The van der Waals surface area contributed by atoms with Gasteiger partial charge in [0.2, 0.25) is 0 Å². The molecule has 74 heavy (non-hydrogen) atoms. The summed E-state index contributed by atoms with van der Waals surface area (Å²) in [6.07, 6.45) is 27.0. The summed E-state index contributed by atoms with van der Waals surface area (Å²) < 4.78 is 29.1. The van der Waals surface area contributed by atoms with Gasteiger partial charge in [0.05, 0.1) is 33.7 Å². The third-order valence-corrected chi connectivity index (χ3v) is 21.6. The number of carbonyl (C=O) groups excluding carboxylic acids is 5. The van der Waals surface area contributed by atoms with Crippen molar-refractivity contribution in [3.8, 4) is 0 Å². The zero-order valence-electron chi connectivity index (χ0n) is 49.6. The van der Waals surface area contributed by atoms with Gasteiger partial charge >= 0.3 is 29.8 Å². The minimum Gasteiger partial charge on any atom is -0.459 e. The molecule has 11 aliphatic rings. The molecular weight excluding hydrogens is 933 g/mol. The van der Waals surface area contributed by atoms with Crippen molar-refractivity contribution in [3.05, 3.63) is 0 Å². The van der Waals surface area contributed by atoms with Crippen molar-refractivity contribution in [2.75, 3.05) is 0 Å². The number of aliphatic hydroxyl groups is 1. The molecule has 5 atom stereocenters. The Morgan fingerprint density at radius 3 is 1.42 bits per heavy atom. The average molecular weight is 1040 g/mol. The highest BCUT2D eigenvalue weighted by atomic mass is 16.6. The quantitative estimate of drug-likeness (QED) is 0.123. The van der Waals surface area contributed by atoms with E-state index in [9.17, 15) is 29.1 Å². The van der Waals surface area contributed by atoms with Gasteiger partial charge in [-0.15, -0.1) is 0 Å². The Hall–Kier alpha value is -2.69. The Morgan fingerprint density at radius 1 is 0.541 bits per heavy atom. The standard InChI is InChI=1S/C20H34O2.C16H26O3.C14H22O4.C13H24O2/c1-6-18(3,4)17(21)22-19(5,7-2)20-11-14-8-15(12-20)10-16(9-14)13-20;1-4-14(2,3)13(17)19-16-8-11-5-12(9-16)7-15(18,6-11)10-16;1-4-13(2,3)12(16)18-14-8-6-5-7-10(14)17-11(15)9-14;1-5-12(3,4)11(14)15-13(6-2)9-7-8-10-13/h14-16H,6-13H2,1-5H3;11-12,18H,4-10H2,1-3H3;10H,4-9H2,1-3H3;5-10H2,1-4H3. The molecule has 11 heteroatoms. The fourth-order valence-electron chi connectivity index (χ4n) is 15.2. The third kappa shape index (κ3) is 13.1. The maximum Gasteiger partial charge on any atom is 0.312 e. The van der Waals surface area contributed by atoms with E-state index in [4.69, 9.17) is 23.7 Å². The van der Waals surface area contributed by atoms with Crippen molar-refractivity contribution in [2.45, 2.75) is 311 Å². The van der Waals surface area contributed by atoms with Gasteiger partial charge in [0.1, 0.15) is 22.9 Å². The van der Waals surface area contributed by atoms with Crippen LogP contribution in [0.15, 0.2) is 0 Å². The highest BCUT2D eigenvalue weighted by molar-refractivity contribution is 5.79. The topological polar surface area (TPSA) is 152 Å². The van der Waals surface area contributed by atoms with Gasteiger partial charge in [-0.1, -0.05) is 41.5 Å². The summed E-state index contributed by atoms with van der Waals surface area (Å²) in [6.45, 7) is 30.3. The third-order valence-electron chi connectivity index (χ3n) is 21.6. The van der Waals surface area contributed by atoms with Crippen LogP contribution in [0.25, 0.3) is 0 Å². The van der Waals surface area contributed by atoms with E-state index in [1.54, 1.807) is 0 Å². The van der Waals surface area contributed by atoms with Gasteiger partial charge in [-0.2, -0.15) is 0 Å². The number of hydrogen-bond donors (Lipinski definition) is 1. The normalized spacial score (nSPS) is 35.0. The maximum atomic E-state index is 12.7. The summed E-state index contributed by atoms with van der Waals surface area (Å²) in [5.74, 6) is 3.27. The Kier molecular flexibility index (Phi) is 18.5. The van der Waals surface area contributed by atoms with Crippen LogP contribution in [-0.2, 0) is 47.7 Å². The van der Waals surface area contributed by atoms with Crippen LogP contribution in [0.3, 0.4) is 0 Å². The van der Waals surface area contributed by atoms with Crippen molar-refractivity contribution in [2.24, 2.45) is 56.7 Å². The molecule has 1 saturated heterocycles. The molecule has 1 N–H and O–H groups in total. The van der Waals surface area contributed by atoms with Crippen LogP contribution in [0.5, 0.6) is 0 Å². The van der Waals surface area contributed by atoms with Crippen molar-refractivity contribution >= 4 is 29.8 Å². The molecular formula is C63H106O11. The maximum absolute atomic E-state index is 12.7. The van der Waals surface area contributed by atoms with E-state index < -0.39 is 22.0 Å². The van der Waals surface area contributed by atoms with Crippen LogP contribution in [0, 0.1) is 56.7 Å². The first-order chi connectivity index (χ1) is 34.3. The summed E-state index contributed by atoms with van der Waals surface area (Å²) >= 11 is 0. The van der Waals surface area contributed by atoms with E-state index in [1.165, 1.54) is 57.8 Å². The van der Waals surface area contributed by atoms with Gasteiger partial charge in [-0.25, -0.2) is 0 Å². The fourth-order valence-corrected chi connectivity index (χ4v) is 15.2. The second-order valence-electron chi connectivity index (χ2n) is 28.9. The summed E-state index contributed by atoms with van der Waals surface area (Å²) in [7, 11) is 0. The van der Waals surface area contributed by atoms with E-state index in [1.807, 2.05) is 76.2 Å². The highest BCUT2D eigenvalue weighted by Crippen LogP contribution is 2.65. The van der Waals surface area contributed by atoms with Crippen molar-refractivity contribution in [3.63, 3.8) is 0 Å². The summed E-state index contributed by atoms with van der Waals surface area (Å²) in [5, 5.41) is 10.6. The lowest BCUT2D eigenvalue weighted by Crippen LogP contribution is -2.61. The molecule has 10 saturated carbocycles. The van der Waals surface area contributed by atoms with Gasteiger partial charge in [-0.05, 0) is 252 Å². The SMILES string of the molecule is CCC(C)(C)C(=O)OC(C)(CC)C12CC3CC(CC(C3)C1)C2.CCC(C)(C)C(=O)OC12CC3CC(CC(O)(C3)C1)C2.CCC(C)(C)C(=O)OC12CCCCC1OC(=O)C2.CCC1(OC(=O)C(C)(C)CC)CCCC1. The first-order valence-corrected chi connectivity index (χ1v) is 30.2. The van der Waals surface area contributed by atoms with Gasteiger partial charge in [0.25, 0.3) is 0 Å². The summed E-state index contributed by atoms with van der Waals surface area (Å²) in [4.78, 5) is 60.8. The Bertz CT molecular complexity index is 1940. The predicted molar refractivity (Wildman–Crippen MR) is 290 cm³/mol. The Morgan fingerprint density at radius 2 is 0.973 bits per heavy atom. The van der Waals surface area contributed by atoms with Gasteiger partial charge in [0, 0.05) is 11.8 Å². The number of esters is 5. The second kappa shape index (κ2) is 22.6.